The molecule has 1 saturated heterocycles. The van der Waals surface area contributed by atoms with E-state index in [9.17, 15) is 4.79 Å². The standard InChI is InChI=1S/C14H23N3OS/c15-13(19)8-17-3-1-12(2-4-17)16-14(18)11-6-9-5-10(9)7-11/h9-12H,1-8H2,(H2,15,19)(H,16,18). The fraction of sp³-hybridized carbons (Fsp3) is 0.857. The van der Waals surface area contributed by atoms with E-state index in [4.69, 9.17) is 18.0 Å². The third-order valence-electron chi connectivity index (χ3n) is 4.93. The van der Waals surface area contributed by atoms with Gasteiger partial charge in [0.15, 0.2) is 0 Å². The van der Waals surface area contributed by atoms with Crippen molar-refractivity contribution in [1.29, 1.82) is 0 Å². The molecule has 3 fully saturated rings. The first-order chi connectivity index (χ1) is 9.11. The number of carbonyl (C=O) groups excluding carboxylic acids is 1. The van der Waals surface area contributed by atoms with Crippen LogP contribution in [0.2, 0.25) is 0 Å². The first-order valence-electron chi connectivity index (χ1n) is 7.43. The van der Waals surface area contributed by atoms with Crippen molar-refractivity contribution < 1.29 is 4.79 Å². The highest BCUT2D eigenvalue weighted by Gasteiger charge is 2.48. The predicted octanol–water partition coefficient (Wildman–Crippen LogP) is 0.899. The smallest absolute Gasteiger partial charge is 0.223 e. The van der Waals surface area contributed by atoms with E-state index in [1.807, 2.05) is 0 Å². The second-order valence-corrected chi connectivity index (χ2v) is 6.97. The van der Waals surface area contributed by atoms with E-state index in [1.165, 1.54) is 6.42 Å². The second kappa shape index (κ2) is 5.37. The van der Waals surface area contributed by atoms with E-state index < -0.39 is 0 Å². The minimum Gasteiger partial charge on any atom is -0.392 e. The average Bonchev–Trinajstić information content (AvgIpc) is 2.98. The Morgan fingerprint density at radius 2 is 1.84 bits per heavy atom. The quantitative estimate of drug-likeness (QED) is 0.752. The summed E-state index contributed by atoms with van der Waals surface area (Å²) in [4.78, 5) is 15.0. The Labute approximate surface area is 120 Å². The monoisotopic (exact) mass is 281 g/mol. The molecule has 1 amide bonds. The van der Waals surface area contributed by atoms with Crippen LogP contribution < -0.4 is 11.1 Å². The maximum Gasteiger partial charge on any atom is 0.223 e. The fourth-order valence-electron chi connectivity index (χ4n) is 3.70. The zero-order valence-corrected chi connectivity index (χ0v) is 12.1. The Morgan fingerprint density at radius 1 is 1.21 bits per heavy atom. The van der Waals surface area contributed by atoms with Gasteiger partial charge in [0, 0.05) is 31.6 Å². The molecule has 0 spiro atoms. The molecule has 2 unspecified atom stereocenters. The SMILES string of the molecule is NC(=S)CN1CCC(NC(=O)C2CC3CC3C2)CC1. The highest BCUT2D eigenvalue weighted by molar-refractivity contribution is 7.80. The zero-order chi connectivity index (χ0) is 13.4. The van der Waals surface area contributed by atoms with Crippen LogP contribution in [0.3, 0.4) is 0 Å². The van der Waals surface area contributed by atoms with E-state index >= 15 is 0 Å². The molecule has 2 atom stereocenters. The number of hydrogen-bond donors (Lipinski definition) is 2. The van der Waals surface area contributed by atoms with E-state index in [1.54, 1.807) is 0 Å². The van der Waals surface area contributed by atoms with Gasteiger partial charge in [-0.25, -0.2) is 0 Å². The molecule has 4 nitrogen and oxygen atoms in total. The van der Waals surface area contributed by atoms with E-state index in [0.29, 0.717) is 29.4 Å². The van der Waals surface area contributed by atoms with Gasteiger partial charge >= 0.3 is 0 Å². The van der Waals surface area contributed by atoms with Gasteiger partial charge in [0.05, 0.1) is 4.99 Å². The number of rotatable bonds is 4. The zero-order valence-electron chi connectivity index (χ0n) is 11.3. The van der Waals surface area contributed by atoms with Gasteiger partial charge in [0.2, 0.25) is 5.91 Å². The molecule has 3 rings (SSSR count). The average molecular weight is 281 g/mol. The summed E-state index contributed by atoms with van der Waals surface area (Å²) >= 11 is 4.93. The number of hydrogen-bond acceptors (Lipinski definition) is 3. The van der Waals surface area contributed by atoms with Crippen molar-refractivity contribution in [3.05, 3.63) is 0 Å². The number of nitrogens with one attached hydrogen (secondary N) is 1. The molecule has 0 aromatic rings. The van der Waals surface area contributed by atoms with Gasteiger partial charge in [-0.05, 0) is 43.9 Å². The van der Waals surface area contributed by atoms with Crippen LogP contribution in [0.5, 0.6) is 0 Å². The van der Waals surface area contributed by atoms with Crippen molar-refractivity contribution in [3.8, 4) is 0 Å². The molecule has 0 radical (unpaired) electrons. The third-order valence-corrected chi connectivity index (χ3v) is 5.06. The highest BCUT2D eigenvalue weighted by Crippen LogP contribution is 2.54. The normalized spacial score (nSPS) is 34.8. The van der Waals surface area contributed by atoms with Crippen molar-refractivity contribution in [2.45, 2.75) is 38.1 Å². The van der Waals surface area contributed by atoms with Gasteiger partial charge in [-0.2, -0.15) is 0 Å². The number of fused-ring (bicyclic) bond motifs is 1. The second-order valence-electron chi connectivity index (χ2n) is 6.45. The molecule has 0 aromatic carbocycles. The minimum absolute atomic E-state index is 0.304. The first-order valence-corrected chi connectivity index (χ1v) is 7.83. The number of piperidine rings is 1. The molecule has 5 heteroatoms. The number of thiocarbonyl (C=S) groups is 1. The van der Waals surface area contributed by atoms with Crippen LogP contribution in [0.25, 0.3) is 0 Å². The number of likely N-dealkylation sites (tertiary alicyclic amines) is 1. The summed E-state index contributed by atoms with van der Waals surface area (Å²) in [5.74, 6) is 2.37. The predicted molar refractivity (Wildman–Crippen MR) is 78.7 cm³/mol. The third kappa shape index (κ3) is 3.26. The summed E-state index contributed by atoms with van der Waals surface area (Å²) in [5.41, 5.74) is 5.56. The Bertz CT molecular complexity index is 369. The molecule has 2 saturated carbocycles. The summed E-state index contributed by atoms with van der Waals surface area (Å²) in [5, 5.41) is 3.25. The Balaban J connectivity index is 1.39. The molecular weight excluding hydrogens is 258 g/mol. The molecule has 1 heterocycles. The van der Waals surface area contributed by atoms with Crippen molar-refractivity contribution in [2.24, 2.45) is 23.5 Å². The van der Waals surface area contributed by atoms with Gasteiger partial charge in [-0.1, -0.05) is 12.2 Å². The maximum atomic E-state index is 12.2. The van der Waals surface area contributed by atoms with Crippen LogP contribution in [0.1, 0.15) is 32.1 Å². The lowest BCUT2D eigenvalue weighted by Crippen LogP contribution is -2.47. The van der Waals surface area contributed by atoms with Gasteiger partial charge in [-0.15, -0.1) is 0 Å². The van der Waals surface area contributed by atoms with Gasteiger partial charge < -0.3 is 11.1 Å². The van der Waals surface area contributed by atoms with Crippen LogP contribution in [0.15, 0.2) is 0 Å². The molecule has 2 aliphatic carbocycles. The minimum atomic E-state index is 0.304. The lowest BCUT2D eigenvalue weighted by Gasteiger charge is -2.32. The highest BCUT2D eigenvalue weighted by atomic mass is 32.1. The summed E-state index contributed by atoms with van der Waals surface area (Å²) in [6.45, 7) is 2.68. The summed E-state index contributed by atoms with van der Waals surface area (Å²) in [7, 11) is 0. The van der Waals surface area contributed by atoms with Crippen molar-refractivity contribution in [1.82, 2.24) is 10.2 Å². The fourth-order valence-corrected chi connectivity index (χ4v) is 3.89. The molecule has 0 bridgehead atoms. The number of nitrogens with two attached hydrogens (primary N) is 1. The molecule has 3 N–H and O–H groups in total. The van der Waals surface area contributed by atoms with E-state index in [0.717, 1.165) is 50.6 Å². The lowest BCUT2D eigenvalue weighted by atomic mass is 10.00. The largest absolute Gasteiger partial charge is 0.392 e. The van der Waals surface area contributed by atoms with Crippen molar-refractivity contribution >= 4 is 23.1 Å². The van der Waals surface area contributed by atoms with E-state index in [-0.39, 0.29) is 0 Å². The van der Waals surface area contributed by atoms with Crippen molar-refractivity contribution in [2.75, 3.05) is 19.6 Å². The number of carbonyl (C=O) groups is 1. The van der Waals surface area contributed by atoms with Gasteiger partial charge in [-0.3, -0.25) is 9.69 Å². The first kappa shape index (κ1) is 13.3. The van der Waals surface area contributed by atoms with E-state index in [2.05, 4.69) is 10.2 Å². The lowest BCUT2D eigenvalue weighted by molar-refractivity contribution is -0.126. The summed E-state index contributed by atoms with van der Waals surface area (Å²) < 4.78 is 0. The molecular formula is C14H23N3OS. The van der Waals surface area contributed by atoms with Crippen LogP contribution in [-0.2, 0) is 4.79 Å². The molecule has 106 valence electrons. The molecule has 19 heavy (non-hydrogen) atoms. The van der Waals surface area contributed by atoms with Crippen LogP contribution in [-0.4, -0.2) is 41.5 Å². The van der Waals surface area contributed by atoms with Crippen LogP contribution in [0.4, 0.5) is 0 Å². The Kier molecular flexibility index (Phi) is 3.76. The topological polar surface area (TPSA) is 58.4 Å². The molecule has 1 aliphatic heterocycles. The summed E-state index contributed by atoms with van der Waals surface area (Å²) in [6, 6.07) is 0.354. The molecule has 0 aromatic heterocycles. The van der Waals surface area contributed by atoms with Crippen LogP contribution in [0, 0.1) is 17.8 Å². The van der Waals surface area contributed by atoms with Gasteiger partial charge in [0.25, 0.3) is 0 Å². The van der Waals surface area contributed by atoms with Crippen LogP contribution >= 0.6 is 12.2 Å². The Hall–Kier alpha value is -0.680. The number of amides is 1. The summed E-state index contributed by atoms with van der Waals surface area (Å²) in [6.07, 6.45) is 5.69. The molecule has 3 aliphatic rings. The Morgan fingerprint density at radius 3 is 2.42 bits per heavy atom. The van der Waals surface area contributed by atoms with Gasteiger partial charge in [0.1, 0.15) is 0 Å². The number of nitrogens with zero attached hydrogens (tertiary/aromatic N) is 1. The maximum absolute atomic E-state index is 12.2. The van der Waals surface area contributed by atoms with Crippen molar-refractivity contribution in [3.63, 3.8) is 0 Å².